The maximum Gasteiger partial charge on any atom is 0.258 e. The number of ether oxygens (including phenoxy) is 2. The standard InChI is InChI=1S/C19H20Cl2N2O4/c1-2-26-16-5-3-4-6-17(16)27-12-18(24)22-9-10-23-19(25)14-8-7-13(20)11-15(14)21/h3-8,11H,2,9-10,12H2,1H3,(H,22,24)(H,23,25). The van der Waals surface area contributed by atoms with Crippen molar-refractivity contribution >= 4 is 35.0 Å². The lowest BCUT2D eigenvalue weighted by atomic mass is 10.2. The quantitative estimate of drug-likeness (QED) is 0.621. The van der Waals surface area contributed by atoms with E-state index in [2.05, 4.69) is 10.6 Å². The number of carbonyl (C=O) groups is 2. The van der Waals surface area contributed by atoms with Crippen LogP contribution < -0.4 is 20.1 Å². The van der Waals surface area contributed by atoms with Crippen molar-refractivity contribution < 1.29 is 19.1 Å². The van der Waals surface area contributed by atoms with Gasteiger partial charge in [0.2, 0.25) is 0 Å². The number of carbonyl (C=O) groups excluding carboxylic acids is 2. The van der Waals surface area contributed by atoms with Crippen molar-refractivity contribution in [1.82, 2.24) is 10.6 Å². The van der Waals surface area contributed by atoms with Gasteiger partial charge in [-0.15, -0.1) is 0 Å². The Kier molecular flexibility index (Phi) is 8.23. The molecule has 0 atom stereocenters. The lowest BCUT2D eigenvalue weighted by Crippen LogP contribution is -2.36. The van der Waals surface area contributed by atoms with E-state index in [0.717, 1.165) is 0 Å². The number of halogens is 2. The van der Waals surface area contributed by atoms with Crippen LogP contribution in [0.2, 0.25) is 10.0 Å². The summed E-state index contributed by atoms with van der Waals surface area (Å²) in [7, 11) is 0. The highest BCUT2D eigenvalue weighted by atomic mass is 35.5. The fraction of sp³-hybridized carbons (Fsp3) is 0.263. The number of amides is 2. The number of hydrogen-bond donors (Lipinski definition) is 2. The average molecular weight is 411 g/mol. The second kappa shape index (κ2) is 10.6. The SMILES string of the molecule is CCOc1ccccc1OCC(=O)NCCNC(=O)c1ccc(Cl)cc1Cl. The maximum absolute atomic E-state index is 12.0. The molecule has 2 aromatic rings. The molecule has 2 aromatic carbocycles. The first-order chi connectivity index (χ1) is 13.0. The molecule has 2 rings (SSSR count). The minimum absolute atomic E-state index is 0.152. The fourth-order valence-electron chi connectivity index (χ4n) is 2.19. The van der Waals surface area contributed by atoms with E-state index < -0.39 is 0 Å². The third-order valence-corrected chi connectivity index (χ3v) is 3.96. The first kappa shape index (κ1) is 20.9. The monoisotopic (exact) mass is 410 g/mol. The van der Waals surface area contributed by atoms with Crippen LogP contribution in [0.25, 0.3) is 0 Å². The minimum atomic E-state index is -0.340. The van der Waals surface area contributed by atoms with Gasteiger partial charge in [0.25, 0.3) is 11.8 Å². The van der Waals surface area contributed by atoms with E-state index in [9.17, 15) is 9.59 Å². The second-order valence-electron chi connectivity index (χ2n) is 5.40. The van der Waals surface area contributed by atoms with Crippen molar-refractivity contribution in [2.45, 2.75) is 6.92 Å². The van der Waals surface area contributed by atoms with Gasteiger partial charge in [-0.05, 0) is 37.3 Å². The number of benzene rings is 2. The van der Waals surface area contributed by atoms with E-state index in [1.54, 1.807) is 30.3 Å². The lowest BCUT2D eigenvalue weighted by Gasteiger charge is -2.12. The van der Waals surface area contributed by atoms with Crippen LogP contribution in [0, 0.1) is 0 Å². The van der Waals surface area contributed by atoms with Crippen molar-refractivity contribution in [1.29, 1.82) is 0 Å². The molecule has 0 radical (unpaired) electrons. The largest absolute Gasteiger partial charge is 0.490 e. The zero-order chi connectivity index (χ0) is 19.6. The molecule has 0 heterocycles. The molecule has 0 aliphatic heterocycles. The first-order valence-electron chi connectivity index (χ1n) is 8.35. The molecular formula is C19H20Cl2N2O4. The van der Waals surface area contributed by atoms with E-state index in [1.165, 1.54) is 6.07 Å². The van der Waals surface area contributed by atoms with Crippen LogP contribution in [0.15, 0.2) is 42.5 Å². The third-order valence-electron chi connectivity index (χ3n) is 3.42. The van der Waals surface area contributed by atoms with Crippen LogP contribution in [-0.2, 0) is 4.79 Å². The summed E-state index contributed by atoms with van der Waals surface area (Å²) < 4.78 is 10.9. The molecular weight excluding hydrogens is 391 g/mol. The van der Waals surface area contributed by atoms with Gasteiger partial charge in [-0.25, -0.2) is 0 Å². The van der Waals surface area contributed by atoms with Gasteiger partial charge in [-0.1, -0.05) is 35.3 Å². The van der Waals surface area contributed by atoms with Crippen LogP contribution in [0.1, 0.15) is 17.3 Å². The molecule has 0 saturated heterocycles. The van der Waals surface area contributed by atoms with Crippen molar-refractivity contribution in [3.8, 4) is 11.5 Å². The molecule has 2 N–H and O–H groups in total. The van der Waals surface area contributed by atoms with E-state index in [-0.39, 0.29) is 36.5 Å². The molecule has 0 aliphatic rings. The number of hydrogen-bond acceptors (Lipinski definition) is 4. The lowest BCUT2D eigenvalue weighted by molar-refractivity contribution is -0.123. The number of nitrogens with one attached hydrogen (secondary N) is 2. The molecule has 2 amide bonds. The van der Waals surface area contributed by atoms with Gasteiger partial charge in [0.1, 0.15) is 0 Å². The summed E-state index contributed by atoms with van der Waals surface area (Å²) in [6.07, 6.45) is 0. The van der Waals surface area contributed by atoms with Crippen LogP contribution in [0.3, 0.4) is 0 Å². The summed E-state index contributed by atoms with van der Waals surface area (Å²) in [5.41, 5.74) is 0.322. The number of para-hydroxylation sites is 2. The van der Waals surface area contributed by atoms with Crippen molar-refractivity contribution in [3.05, 3.63) is 58.1 Å². The zero-order valence-electron chi connectivity index (χ0n) is 14.8. The molecule has 0 fully saturated rings. The predicted octanol–water partition coefficient (Wildman–Crippen LogP) is 3.32. The maximum atomic E-state index is 12.0. The van der Waals surface area contributed by atoms with Crippen LogP contribution >= 0.6 is 23.2 Å². The van der Waals surface area contributed by atoms with Crippen molar-refractivity contribution in [2.24, 2.45) is 0 Å². The molecule has 27 heavy (non-hydrogen) atoms. The van der Waals surface area contributed by atoms with Crippen LogP contribution in [0.4, 0.5) is 0 Å². The van der Waals surface area contributed by atoms with Crippen molar-refractivity contribution in [3.63, 3.8) is 0 Å². The summed E-state index contributed by atoms with van der Waals surface area (Å²) >= 11 is 11.8. The van der Waals surface area contributed by atoms with E-state index in [0.29, 0.717) is 28.7 Å². The van der Waals surface area contributed by atoms with Crippen LogP contribution in [-0.4, -0.2) is 38.1 Å². The third kappa shape index (κ3) is 6.66. The normalized spacial score (nSPS) is 10.2. The summed E-state index contributed by atoms with van der Waals surface area (Å²) in [4.78, 5) is 23.9. The molecule has 8 heteroatoms. The average Bonchev–Trinajstić information content (AvgIpc) is 2.64. The molecule has 0 bridgehead atoms. The van der Waals surface area contributed by atoms with Gasteiger partial charge >= 0.3 is 0 Å². The highest BCUT2D eigenvalue weighted by Crippen LogP contribution is 2.26. The molecule has 6 nitrogen and oxygen atoms in total. The van der Waals surface area contributed by atoms with E-state index in [1.807, 2.05) is 13.0 Å². The van der Waals surface area contributed by atoms with Gasteiger partial charge < -0.3 is 20.1 Å². The van der Waals surface area contributed by atoms with Gasteiger partial charge in [0, 0.05) is 18.1 Å². The fourth-order valence-corrected chi connectivity index (χ4v) is 2.68. The smallest absolute Gasteiger partial charge is 0.258 e. The predicted molar refractivity (Wildman–Crippen MR) is 105 cm³/mol. The molecule has 0 aliphatic carbocycles. The molecule has 0 spiro atoms. The zero-order valence-corrected chi connectivity index (χ0v) is 16.3. The Balaban J connectivity index is 1.71. The topological polar surface area (TPSA) is 76.7 Å². The summed E-state index contributed by atoms with van der Waals surface area (Å²) in [6, 6.07) is 11.8. The van der Waals surface area contributed by atoms with Crippen LogP contribution in [0.5, 0.6) is 11.5 Å². The van der Waals surface area contributed by atoms with Gasteiger partial charge in [0.15, 0.2) is 18.1 Å². The van der Waals surface area contributed by atoms with E-state index in [4.69, 9.17) is 32.7 Å². The molecule has 0 unspecified atom stereocenters. The molecule has 0 saturated carbocycles. The Labute approximate surface area is 167 Å². The van der Waals surface area contributed by atoms with Crippen molar-refractivity contribution in [2.75, 3.05) is 26.3 Å². The second-order valence-corrected chi connectivity index (χ2v) is 6.24. The molecule has 144 valence electrons. The van der Waals surface area contributed by atoms with Gasteiger partial charge in [-0.2, -0.15) is 0 Å². The Hall–Kier alpha value is -2.44. The Morgan fingerprint density at radius 1 is 0.963 bits per heavy atom. The summed E-state index contributed by atoms with van der Waals surface area (Å²) in [6.45, 7) is 2.73. The van der Waals surface area contributed by atoms with E-state index >= 15 is 0 Å². The summed E-state index contributed by atoms with van der Waals surface area (Å²) in [5, 5.41) is 6.06. The summed E-state index contributed by atoms with van der Waals surface area (Å²) in [5.74, 6) is 0.438. The van der Waals surface area contributed by atoms with Gasteiger partial charge in [-0.3, -0.25) is 9.59 Å². The molecule has 0 aromatic heterocycles. The Bertz CT molecular complexity index is 799. The Morgan fingerprint density at radius 2 is 1.63 bits per heavy atom. The highest BCUT2D eigenvalue weighted by molar-refractivity contribution is 6.36. The number of rotatable bonds is 9. The van der Waals surface area contributed by atoms with Gasteiger partial charge in [0.05, 0.1) is 17.2 Å². The first-order valence-corrected chi connectivity index (χ1v) is 9.11. The highest BCUT2D eigenvalue weighted by Gasteiger charge is 2.11. The Morgan fingerprint density at radius 3 is 2.30 bits per heavy atom. The minimum Gasteiger partial charge on any atom is -0.490 e.